The minimum atomic E-state index is -0.709. The van der Waals surface area contributed by atoms with Gasteiger partial charge in [0.15, 0.2) is 0 Å². The lowest BCUT2D eigenvalue weighted by Gasteiger charge is -2.39. The summed E-state index contributed by atoms with van der Waals surface area (Å²) in [5, 5.41) is 10.2. The number of rotatable bonds is 5. The Morgan fingerprint density at radius 1 is 1.07 bits per heavy atom. The van der Waals surface area contributed by atoms with Crippen molar-refractivity contribution in [2.45, 2.75) is 63.8 Å². The largest absolute Gasteiger partial charge is 0.390 e. The van der Waals surface area contributed by atoms with E-state index in [2.05, 4.69) is 0 Å². The maximum absolute atomic E-state index is 13.2. The molecular formula is C21H31N3O3. The Balaban J connectivity index is 1.70. The minimum absolute atomic E-state index is 0.0869. The third kappa shape index (κ3) is 4.50. The van der Waals surface area contributed by atoms with Crippen LogP contribution in [-0.2, 0) is 16.1 Å². The van der Waals surface area contributed by atoms with Gasteiger partial charge in [-0.3, -0.25) is 14.5 Å². The summed E-state index contributed by atoms with van der Waals surface area (Å²) in [7, 11) is 0. The molecule has 1 aromatic carbocycles. The van der Waals surface area contributed by atoms with Gasteiger partial charge in [-0.05, 0) is 51.0 Å². The van der Waals surface area contributed by atoms with Gasteiger partial charge < -0.3 is 15.7 Å². The Bertz CT molecular complexity index is 663. The molecule has 0 bridgehead atoms. The molecule has 0 saturated carbocycles. The van der Waals surface area contributed by atoms with E-state index in [9.17, 15) is 14.7 Å². The van der Waals surface area contributed by atoms with Crippen LogP contribution in [0.4, 0.5) is 0 Å². The van der Waals surface area contributed by atoms with Crippen LogP contribution >= 0.6 is 0 Å². The molecule has 6 nitrogen and oxygen atoms in total. The molecule has 0 aliphatic carbocycles. The van der Waals surface area contributed by atoms with Gasteiger partial charge in [-0.1, -0.05) is 30.3 Å². The highest BCUT2D eigenvalue weighted by Crippen LogP contribution is 2.31. The van der Waals surface area contributed by atoms with E-state index in [-0.39, 0.29) is 23.8 Å². The standard InChI is InChI=1S/C21H31N3O3/c1-21(2,27)16-10-12-23(13-11-16)20(26)18-9-8-17(19(22)25)24(18)14-15-6-4-3-5-7-15/h3-7,16-18,27H,8-14H2,1-2H3,(H2,22,25)/t17-,18+/m1/s1. The van der Waals surface area contributed by atoms with E-state index in [1.54, 1.807) is 0 Å². The van der Waals surface area contributed by atoms with Crippen LogP contribution in [0.1, 0.15) is 45.1 Å². The summed E-state index contributed by atoms with van der Waals surface area (Å²) < 4.78 is 0. The van der Waals surface area contributed by atoms with Gasteiger partial charge in [0, 0.05) is 19.6 Å². The molecule has 2 fully saturated rings. The van der Waals surface area contributed by atoms with Gasteiger partial charge in [0.05, 0.1) is 17.7 Å². The van der Waals surface area contributed by atoms with Gasteiger partial charge in [-0.2, -0.15) is 0 Å². The summed E-state index contributed by atoms with van der Waals surface area (Å²) in [5.41, 5.74) is 5.98. The van der Waals surface area contributed by atoms with Crippen LogP contribution < -0.4 is 5.73 Å². The Hall–Kier alpha value is -1.92. The molecule has 3 rings (SSSR count). The molecule has 2 heterocycles. The SMILES string of the molecule is CC(C)(O)C1CCN(C(=O)[C@@H]2CC[C@H](C(N)=O)N2Cc2ccccc2)CC1. The van der Waals surface area contributed by atoms with Crippen LogP contribution in [-0.4, -0.2) is 57.5 Å². The highest BCUT2D eigenvalue weighted by Gasteiger charge is 2.43. The third-order valence-corrected chi connectivity index (χ3v) is 6.14. The summed E-state index contributed by atoms with van der Waals surface area (Å²) in [6.07, 6.45) is 2.89. The average molecular weight is 373 g/mol. The van der Waals surface area contributed by atoms with Crippen LogP contribution in [0.3, 0.4) is 0 Å². The van der Waals surface area contributed by atoms with Crippen molar-refractivity contribution >= 4 is 11.8 Å². The van der Waals surface area contributed by atoms with Crippen molar-refractivity contribution in [1.29, 1.82) is 0 Å². The number of hydrogen-bond acceptors (Lipinski definition) is 4. The lowest BCUT2D eigenvalue weighted by Crippen LogP contribution is -2.52. The van der Waals surface area contributed by atoms with E-state index in [1.165, 1.54) is 0 Å². The summed E-state index contributed by atoms with van der Waals surface area (Å²) >= 11 is 0. The summed E-state index contributed by atoms with van der Waals surface area (Å²) in [6, 6.07) is 9.19. The highest BCUT2D eigenvalue weighted by atomic mass is 16.3. The first kappa shape index (κ1) is 19.8. The zero-order valence-electron chi connectivity index (χ0n) is 16.3. The van der Waals surface area contributed by atoms with Crippen molar-refractivity contribution in [3.8, 4) is 0 Å². The van der Waals surface area contributed by atoms with Crippen LogP contribution in [0.15, 0.2) is 30.3 Å². The number of amides is 2. The summed E-state index contributed by atoms with van der Waals surface area (Å²) in [5.74, 6) is -0.0604. The smallest absolute Gasteiger partial charge is 0.239 e. The van der Waals surface area contributed by atoms with Crippen molar-refractivity contribution in [2.75, 3.05) is 13.1 Å². The van der Waals surface area contributed by atoms with Gasteiger partial charge in [0.25, 0.3) is 0 Å². The molecule has 2 saturated heterocycles. The molecule has 0 radical (unpaired) electrons. The van der Waals surface area contributed by atoms with Gasteiger partial charge in [-0.25, -0.2) is 0 Å². The monoisotopic (exact) mass is 373 g/mol. The Kier molecular flexibility index (Phi) is 5.86. The van der Waals surface area contributed by atoms with Crippen LogP contribution in [0.2, 0.25) is 0 Å². The first-order valence-corrected chi connectivity index (χ1v) is 9.87. The fraction of sp³-hybridized carbons (Fsp3) is 0.619. The second-order valence-electron chi connectivity index (χ2n) is 8.42. The van der Waals surface area contributed by atoms with E-state index in [0.717, 1.165) is 18.4 Å². The molecule has 0 aromatic heterocycles. The number of hydrogen-bond donors (Lipinski definition) is 2. The maximum Gasteiger partial charge on any atom is 0.239 e. The normalized spacial score (nSPS) is 24.9. The number of likely N-dealkylation sites (tertiary alicyclic amines) is 2. The quantitative estimate of drug-likeness (QED) is 0.819. The molecule has 3 N–H and O–H groups in total. The van der Waals surface area contributed by atoms with Crippen molar-refractivity contribution in [3.63, 3.8) is 0 Å². The van der Waals surface area contributed by atoms with E-state index < -0.39 is 11.6 Å². The van der Waals surface area contributed by atoms with Crippen LogP contribution in [0.5, 0.6) is 0 Å². The fourth-order valence-corrected chi connectivity index (χ4v) is 4.47. The summed E-state index contributed by atoms with van der Waals surface area (Å²) in [4.78, 5) is 29.0. The summed E-state index contributed by atoms with van der Waals surface area (Å²) in [6.45, 7) is 5.54. The van der Waals surface area contributed by atoms with E-state index in [1.807, 2.05) is 54.0 Å². The van der Waals surface area contributed by atoms with Gasteiger partial charge in [0.2, 0.25) is 11.8 Å². The first-order chi connectivity index (χ1) is 12.8. The first-order valence-electron chi connectivity index (χ1n) is 9.87. The third-order valence-electron chi connectivity index (χ3n) is 6.14. The molecule has 2 aliphatic heterocycles. The molecule has 148 valence electrons. The lowest BCUT2D eigenvalue weighted by atomic mass is 9.83. The van der Waals surface area contributed by atoms with Crippen molar-refractivity contribution in [3.05, 3.63) is 35.9 Å². The minimum Gasteiger partial charge on any atom is -0.390 e. The molecule has 6 heteroatoms. The predicted octanol–water partition coefficient (Wildman–Crippen LogP) is 1.51. The number of carbonyl (C=O) groups is 2. The lowest BCUT2D eigenvalue weighted by molar-refractivity contribution is -0.140. The second kappa shape index (κ2) is 7.98. The maximum atomic E-state index is 13.2. The van der Waals surface area contributed by atoms with Crippen molar-refractivity contribution < 1.29 is 14.7 Å². The van der Waals surface area contributed by atoms with Gasteiger partial charge in [-0.15, -0.1) is 0 Å². The molecule has 2 aliphatic rings. The predicted molar refractivity (Wildman–Crippen MR) is 104 cm³/mol. The number of carbonyl (C=O) groups excluding carboxylic acids is 2. The van der Waals surface area contributed by atoms with Crippen LogP contribution in [0, 0.1) is 5.92 Å². The zero-order chi connectivity index (χ0) is 19.6. The Morgan fingerprint density at radius 3 is 2.22 bits per heavy atom. The van der Waals surface area contributed by atoms with Crippen LogP contribution in [0.25, 0.3) is 0 Å². The Morgan fingerprint density at radius 2 is 1.67 bits per heavy atom. The average Bonchev–Trinajstić information content (AvgIpc) is 3.05. The van der Waals surface area contributed by atoms with Crippen molar-refractivity contribution in [2.24, 2.45) is 11.7 Å². The second-order valence-corrected chi connectivity index (χ2v) is 8.42. The molecule has 27 heavy (non-hydrogen) atoms. The van der Waals surface area contributed by atoms with E-state index in [0.29, 0.717) is 32.5 Å². The van der Waals surface area contributed by atoms with E-state index >= 15 is 0 Å². The molecule has 2 atom stereocenters. The molecular weight excluding hydrogens is 342 g/mol. The van der Waals surface area contributed by atoms with Crippen molar-refractivity contribution in [1.82, 2.24) is 9.80 Å². The number of benzene rings is 1. The van der Waals surface area contributed by atoms with E-state index in [4.69, 9.17) is 5.73 Å². The van der Waals surface area contributed by atoms with Gasteiger partial charge >= 0.3 is 0 Å². The number of piperidine rings is 1. The zero-order valence-corrected chi connectivity index (χ0v) is 16.3. The number of primary amides is 1. The number of aliphatic hydroxyl groups is 1. The number of nitrogens with two attached hydrogens (primary N) is 1. The topological polar surface area (TPSA) is 86.9 Å². The highest BCUT2D eigenvalue weighted by molar-refractivity contribution is 5.86. The molecule has 1 aromatic rings. The molecule has 0 spiro atoms. The fourth-order valence-electron chi connectivity index (χ4n) is 4.47. The molecule has 2 amide bonds. The van der Waals surface area contributed by atoms with Gasteiger partial charge in [0.1, 0.15) is 0 Å². The number of nitrogens with zero attached hydrogens (tertiary/aromatic N) is 2. The Labute approximate surface area is 161 Å². The molecule has 0 unspecified atom stereocenters.